The van der Waals surface area contributed by atoms with Gasteiger partial charge in [0.2, 0.25) is 0 Å². The summed E-state index contributed by atoms with van der Waals surface area (Å²) in [5, 5.41) is 3.65. The smallest absolute Gasteiger partial charge is 0.193 e. The van der Waals surface area contributed by atoms with Crippen molar-refractivity contribution in [1.29, 1.82) is 0 Å². The van der Waals surface area contributed by atoms with Gasteiger partial charge in [-0.15, -0.1) is 24.0 Å². The van der Waals surface area contributed by atoms with Gasteiger partial charge in [-0.3, -0.25) is 9.89 Å². The summed E-state index contributed by atoms with van der Waals surface area (Å²) in [4.78, 5) is 9.47. The lowest BCUT2D eigenvalue weighted by Crippen LogP contribution is -2.54. The first-order valence-electron chi connectivity index (χ1n) is 9.59. The maximum atomic E-state index is 5.55. The molecule has 2 fully saturated rings. The van der Waals surface area contributed by atoms with E-state index in [0.717, 1.165) is 71.3 Å². The van der Waals surface area contributed by atoms with Crippen molar-refractivity contribution in [3.05, 3.63) is 35.9 Å². The van der Waals surface area contributed by atoms with Crippen molar-refractivity contribution in [3.63, 3.8) is 0 Å². The number of hydrogen-bond acceptors (Lipinski definition) is 4. The Morgan fingerprint density at radius 3 is 2.41 bits per heavy atom. The highest BCUT2D eigenvalue weighted by atomic mass is 127. The summed E-state index contributed by atoms with van der Waals surface area (Å²) in [5.41, 5.74) is 1.39. The van der Waals surface area contributed by atoms with Gasteiger partial charge in [0.1, 0.15) is 0 Å². The predicted octanol–water partition coefficient (Wildman–Crippen LogP) is 2.91. The maximum Gasteiger partial charge on any atom is 0.193 e. The molecule has 0 bridgehead atoms. The van der Waals surface area contributed by atoms with Gasteiger partial charge in [-0.05, 0) is 24.7 Å². The second-order valence-electron chi connectivity index (χ2n) is 7.15. The van der Waals surface area contributed by atoms with Crippen LogP contribution in [0.5, 0.6) is 0 Å². The predicted molar refractivity (Wildman–Crippen MR) is 126 cm³/mol. The molecule has 0 aliphatic carbocycles. The third-order valence-corrected chi connectivity index (χ3v) is 6.96. The van der Waals surface area contributed by atoms with Crippen LogP contribution in [-0.4, -0.2) is 79.7 Å². The molecule has 0 atom stereocenters. The van der Waals surface area contributed by atoms with E-state index in [1.54, 1.807) is 0 Å². The maximum absolute atomic E-state index is 5.55. The van der Waals surface area contributed by atoms with Gasteiger partial charge in [-0.2, -0.15) is 11.8 Å². The number of guanidine groups is 1. The Morgan fingerprint density at radius 1 is 1.15 bits per heavy atom. The zero-order chi connectivity index (χ0) is 18.2. The van der Waals surface area contributed by atoms with Crippen LogP contribution in [0.25, 0.3) is 0 Å². The van der Waals surface area contributed by atoms with E-state index in [9.17, 15) is 0 Å². The molecule has 3 rings (SSSR count). The Kier molecular flexibility index (Phi) is 9.69. The van der Waals surface area contributed by atoms with Gasteiger partial charge in [0.25, 0.3) is 0 Å². The van der Waals surface area contributed by atoms with Gasteiger partial charge in [-0.1, -0.05) is 30.3 Å². The molecule has 152 valence electrons. The molecule has 0 saturated carbocycles. The number of nitrogens with one attached hydrogen (secondary N) is 1. The number of thioether (sulfide) groups is 1. The molecule has 0 radical (unpaired) electrons. The number of ether oxygens (including phenoxy) is 1. The molecule has 27 heavy (non-hydrogen) atoms. The largest absolute Gasteiger partial charge is 0.381 e. The molecular weight excluding hydrogens is 471 g/mol. The number of halogens is 1. The molecule has 2 heterocycles. The summed E-state index contributed by atoms with van der Waals surface area (Å²) < 4.78 is 5.83. The van der Waals surface area contributed by atoms with E-state index in [4.69, 9.17) is 4.74 Å². The van der Waals surface area contributed by atoms with Gasteiger partial charge in [0.05, 0.1) is 0 Å². The molecule has 5 nitrogen and oxygen atoms in total. The van der Waals surface area contributed by atoms with Crippen LogP contribution in [0.2, 0.25) is 0 Å². The van der Waals surface area contributed by atoms with Gasteiger partial charge < -0.3 is 15.0 Å². The zero-order valence-corrected chi connectivity index (χ0v) is 19.7. The lowest BCUT2D eigenvalue weighted by Gasteiger charge is -2.39. The molecule has 2 aliphatic rings. The summed E-state index contributed by atoms with van der Waals surface area (Å²) >= 11 is 1.97. The van der Waals surface area contributed by atoms with E-state index in [2.05, 4.69) is 56.7 Å². The Bertz CT molecular complexity index is 573. The SMILES string of the molecule is CN=C(NCC1(SC)CCOCC1)N1CCN(Cc2ccccc2)CC1.I. The van der Waals surface area contributed by atoms with Crippen molar-refractivity contribution >= 4 is 41.7 Å². The van der Waals surface area contributed by atoms with Crippen molar-refractivity contribution in [2.45, 2.75) is 24.1 Å². The fourth-order valence-electron chi connectivity index (χ4n) is 3.73. The molecule has 0 spiro atoms. The van der Waals surface area contributed by atoms with E-state index < -0.39 is 0 Å². The van der Waals surface area contributed by atoms with Crippen molar-refractivity contribution in [2.24, 2.45) is 4.99 Å². The summed E-state index contributed by atoms with van der Waals surface area (Å²) in [6.45, 7) is 7.97. The van der Waals surface area contributed by atoms with Gasteiger partial charge in [0, 0.05) is 64.3 Å². The van der Waals surface area contributed by atoms with Crippen molar-refractivity contribution in [2.75, 3.05) is 59.2 Å². The molecule has 1 N–H and O–H groups in total. The minimum absolute atomic E-state index is 0. The molecule has 1 aromatic rings. The third kappa shape index (κ3) is 6.51. The lowest BCUT2D eigenvalue weighted by atomic mass is 9.99. The quantitative estimate of drug-likeness (QED) is 0.380. The highest BCUT2D eigenvalue weighted by molar-refractivity contribution is 14.0. The third-order valence-electron chi connectivity index (χ3n) is 5.54. The Balaban J connectivity index is 0.00000261. The Labute approximate surface area is 185 Å². The lowest BCUT2D eigenvalue weighted by molar-refractivity contribution is 0.0779. The standard InChI is InChI=1S/C20H32N4OS.HI/c1-21-19(22-17-20(26-2)8-14-25-15-9-20)24-12-10-23(11-13-24)16-18-6-4-3-5-7-18;/h3-7H,8-17H2,1-2H3,(H,21,22);1H. The number of hydrogen-bond donors (Lipinski definition) is 1. The van der Waals surface area contributed by atoms with E-state index in [1.807, 2.05) is 18.8 Å². The molecule has 0 aromatic heterocycles. The minimum atomic E-state index is 0. The molecular formula is C20H33IN4OS. The fourth-order valence-corrected chi connectivity index (χ4v) is 4.52. The van der Waals surface area contributed by atoms with Crippen LogP contribution in [0.4, 0.5) is 0 Å². The topological polar surface area (TPSA) is 40.1 Å². The Hall–Kier alpha value is -0.510. The zero-order valence-electron chi connectivity index (χ0n) is 16.5. The minimum Gasteiger partial charge on any atom is -0.381 e. The number of nitrogens with zero attached hydrogens (tertiary/aromatic N) is 3. The van der Waals surface area contributed by atoms with Crippen molar-refractivity contribution < 1.29 is 4.74 Å². The average molecular weight is 504 g/mol. The van der Waals surface area contributed by atoms with Crippen LogP contribution in [0.15, 0.2) is 35.3 Å². The van der Waals surface area contributed by atoms with Crippen LogP contribution in [0.3, 0.4) is 0 Å². The normalized spacial score (nSPS) is 20.8. The van der Waals surface area contributed by atoms with E-state index in [1.165, 1.54) is 5.56 Å². The number of benzene rings is 1. The second-order valence-corrected chi connectivity index (χ2v) is 8.42. The summed E-state index contributed by atoms with van der Waals surface area (Å²) in [6, 6.07) is 10.7. The first kappa shape index (κ1) is 22.8. The molecule has 2 saturated heterocycles. The van der Waals surface area contributed by atoms with Crippen LogP contribution >= 0.6 is 35.7 Å². The van der Waals surface area contributed by atoms with Crippen LogP contribution < -0.4 is 5.32 Å². The number of aliphatic imine (C=N–C) groups is 1. The van der Waals surface area contributed by atoms with Gasteiger partial charge in [-0.25, -0.2) is 0 Å². The first-order chi connectivity index (χ1) is 12.7. The average Bonchev–Trinajstić information content (AvgIpc) is 2.71. The first-order valence-corrected chi connectivity index (χ1v) is 10.8. The number of piperazine rings is 1. The van der Waals surface area contributed by atoms with Gasteiger partial charge >= 0.3 is 0 Å². The molecule has 0 unspecified atom stereocenters. The summed E-state index contributed by atoms with van der Waals surface area (Å²) in [6.07, 6.45) is 4.45. The summed E-state index contributed by atoms with van der Waals surface area (Å²) in [7, 11) is 1.90. The van der Waals surface area contributed by atoms with Crippen LogP contribution in [-0.2, 0) is 11.3 Å². The molecule has 2 aliphatic heterocycles. The van der Waals surface area contributed by atoms with Crippen molar-refractivity contribution in [1.82, 2.24) is 15.1 Å². The number of rotatable bonds is 5. The van der Waals surface area contributed by atoms with Gasteiger partial charge in [0.15, 0.2) is 5.96 Å². The van der Waals surface area contributed by atoms with Crippen LogP contribution in [0.1, 0.15) is 18.4 Å². The highest BCUT2D eigenvalue weighted by Gasteiger charge is 2.32. The van der Waals surface area contributed by atoms with Crippen LogP contribution in [0, 0.1) is 0 Å². The monoisotopic (exact) mass is 504 g/mol. The molecule has 0 amide bonds. The summed E-state index contributed by atoms with van der Waals surface area (Å²) in [5.74, 6) is 1.05. The highest BCUT2D eigenvalue weighted by Crippen LogP contribution is 2.33. The Morgan fingerprint density at radius 2 is 1.81 bits per heavy atom. The molecule has 7 heteroatoms. The second kappa shape index (κ2) is 11.5. The van der Waals surface area contributed by atoms with E-state index >= 15 is 0 Å². The van der Waals surface area contributed by atoms with E-state index in [0.29, 0.717) is 0 Å². The van der Waals surface area contributed by atoms with E-state index in [-0.39, 0.29) is 28.7 Å². The fraction of sp³-hybridized carbons (Fsp3) is 0.650. The van der Waals surface area contributed by atoms with Crippen molar-refractivity contribution in [3.8, 4) is 0 Å². The molecule has 1 aromatic carbocycles.